The van der Waals surface area contributed by atoms with E-state index in [1.807, 2.05) is 48.5 Å². The van der Waals surface area contributed by atoms with Crippen LogP contribution in [0.3, 0.4) is 0 Å². The van der Waals surface area contributed by atoms with Crippen molar-refractivity contribution >= 4 is 16.5 Å². The van der Waals surface area contributed by atoms with Crippen molar-refractivity contribution in [2.75, 3.05) is 12.4 Å². The summed E-state index contributed by atoms with van der Waals surface area (Å²) in [5.74, 6) is 0.763. The van der Waals surface area contributed by atoms with E-state index in [1.165, 1.54) is 11.3 Å². The number of nitro groups is 1. The van der Waals surface area contributed by atoms with Crippen molar-refractivity contribution in [1.82, 2.24) is 4.98 Å². The monoisotopic (exact) mass is 431 g/mol. The lowest BCUT2D eigenvalue weighted by molar-refractivity contribution is -0.521. The Kier molecular flexibility index (Phi) is 6.24. The first-order valence-corrected chi connectivity index (χ1v) is 10.6. The molecule has 4 rings (SSSR count). The molecule has 7 heteroatoms. The van der Waals surface area contributed by atoms with Gasteiger partial charge in [0.05, 0.1) is 17.7 Å². The Balaban J connectivity index is 1.70. The predicted molar refractivity (Wildman–Crippen MR) is 123 cm³/mol. The molecule has 0 saturated heterocycles. The molecule has 0 aliphatic heterocycles. The van der Waals surface area contributed by atoms with E-state index in [1.54, 1.807) is 31.4 Å². The molecule has 0 aliphatic rings. The van der Waals surface area contributed by atoms with Gasteiger partial charge in [0.25, 0.3) is 0 Å². The third kappa shape index (κ3) is 4.90. The summed E-state index contributed by atoms with van der Waals surface area (Å²) in [6.07, 6.45) is -0.378. The van der Waals surface area contributed by atoms with E-state index in [4.69, 9.17) is 9.72 Å². The molecule has 1 N–H and O–H groups in total. The molecule has 0 aliphatic carbocycles. The van der Waals surface area contributed by atoms with Gasteiger partial charge in [-0.05, 0) is 29.8 Å². The fourth-order valence-corrected chi connectivity index (χ4v) is 4.34. The highest BCUT2D eigenvalue weighted by molar-refractivity contribution is 7.16. The van der Waals surface area contributed by atoms with Gasteiger partial charge in [-0.2, -0.15) is 0 Å². The van der Waals surface area contributed by atoms with Crippen molar-refractivity contribution in [2.24, 2.45) is 0 Å². The molecule has 1 unspecified atom stereocenters. The molecule has 3 aromatic carbocycles. The van der Waals surface area contributed by atoms with Gasteiger partial charge >= 0.3 is 6.17 Å². The largest absolute Gasteiger partial charge is 0.497 e. The number of anilines is 1. The van der Waals surface area contributed by atoms with Gasteiger partial charge in [0, 0.05) is 22.4 Å². The summed E-state index contributed by atoms with van der Waals surface area (Å²) >= 11 is 1.44. The highest BCUT2D eigenvalue weighted by Crippen LogP contribution is 2.35. The van der Waals surface area contributed by atoms with Crippen molar-refractivity contribution in [3.05, 3.63) is 111 Å². The van der Waals surface area contributed by atoms with Gasteiger partial charge < -0.3 is 4.74 Å². The summed E-state index contributed by atoms with van der Waals surface area (Å²) in [6.45, 7) is 0. The summed E-state index contributed by atoms with van der Waals surface area (Å²) in [6, 6.07) is 26.7. The first-order chi connectivity index (χ1) is 15.1. The molecule has 1 aromatic heterocycles. The van der Waals surface area contributed by atoms with Gasteiger partial charge in [-0.1, -0.05) is 60.7 Å². The van der Waals surface area contributed by atoms with Crippen LogP contribution in [0.25, 0.3) is 11.3 Å². The number of hydrogen-bond donors (Lipinski definition) is 1. The molecule has 1 heterocycles. The molecule has 156 valence electrons. The van der Waals surface area contributed by atoms with E-state index in [0.29, 0.717) is 17.1 Å². The fourth-order valence-electron chi connectivity index (χ4n) is 3.30. The molecule has 31 heavy (non-hydrogen) atoms. The zero-order valence-corrected chi connectivity index (χ0v) is 17.7. The molecule has 4 aromatic rings. The Labute approximate surface area is 184 Å². The smallest absolute Gasteiger partial charge is 0.312 e. The van der Waals surface area contributed by atoms with Gasteiger partial charge in [0.1, 0.15) is 5.75 Å². The second-order valence-electron chi connectivity index (χ2n) is 6.92. The summed E-state index contributed by atoms with van der Waals surface area (Å²) < 4.78 is 5.26. The van der Waals surface area contributed by atoms with Crippen molar-refractivity contribution < 1.29 is 9.66 Å². The van der Waals surface area contributed by atoms with Crippen LogP contribution in [0.2, 0.25) is 0 Å². The summed E-state index contributed by atoms with van der Waals surface area (Å²) in [4.78, 5) is 17.2. The first-order valence-electron chi connectivity index (χ1n) is 9.77. The highest BCUT2D eigenvalue weighted by Gasteiger charge is 2.25. The van der Waals surface area contributed by atoms with Crippen molar-refractivity contribution in [2.45, 2.75) is 12.6 Å². The summed E-state index contributed by atoms with van der Waals surface area (Å²) in [5.41, 5.74) is 3.49. The number of aromatic nitrogens is 1. The Hall–Kier alpha value is -3.71. The van der Waals surface area contributed by atoms with Crippen molar-refractivity contribution in [3.8, 4) is 17.0 Å². The van der Waals surface area contributed by atoms with Crippen LogP contribution in [0.4, 0.5) is 5.13 Å². The van der Waals surface area contributed by atoms with Crippen molar-refractivity contribution in [1.29, 1.82) is 0 Å². The van der Waals surface area contributed by atoms with Crippen LogP contribution in [-0.4, -0.2) is 17.0 Å². The molecule has 0 radical (unpaired) electrons. The number of thiazole rings is 1. The number of nitrogens with one attached hydrogen (secondary N) is 1. The predicted octanol–water partition coefficient (Wildman–Crippen LogP) is 5.80. The molecule has 6 nitrogen and oxygen atoms in total. The molecule has 0 fully saturated rings. The minimum Gasteiger partial charge on any atom is -0.497 e. The average Bonchev–Trinajstić information content (AvgIpc) is 3.21. The minimum atomic E-state index is -1.07. The molecular weight excluding hydrogens is 410 g/mol. The summed E-state index contributed by atoms with van der Waals surface area (Å²) in [5, 5.41) is 15.3. The quantitative estimate of drug-likeness (QED) is 0.217. The van der Waals surface area contributed by atoms with E-state index >= 15 is 0 Å². The maximum absolute atomic E-state index is 11.7. The Bertz CT molecular complexity index is 1150. The normalized spacial score (nSPS) is 11.6. The van der Waals surface area contributed by atoms with Crippen LogP contribution in [0.15, 0.2) is 84.9 Å². The molecule has 0 spiro atoms. The number of ether oxygens (including phenoxy) is 1. The molecule has 1 atom stereocenters. The maximum Gasteiger partial charge on any atom is 0.312 e. The zero-order chi connectivity index (χ0) is 21.6. The Morgan fingerprint density at radius 2 is 1.65 bits per heavy atom. The molecule has 0 bridgehead atoms. The number of rotatable bonds is 8. The van der Waals surface area contributed by atoms with E-state index in [2.05, 4.69) is 17.4 Å². The van der Waals surface area contributed by atoms with Crippen LogP contribution >= 0.6 is 11.3 Å². The van der Waals surface area contributed by atoms with Crippen LogP contribution in [0.1, 0.15) is 22.2 Å². The third-order valence-corrected chi connectivity index (χ3v) is 5.84. The van der Waals surface area contributed by atoms with Crippen LogP contribution in [-0.2, 0) is 6.42 Å². The average molecular weight is 432 g/mol. The van der Waals surface area contributed by atoms with Gasteiger partial charge in [-0.25, -0.2) is 4.98 Å². The van der Waals surface area contributed by atoms with Gasteiger partial charge in [0.2, 0.25) is 0 Å². The van der Waals surface area contributed by atoms with Crippen LogP contribution in [0.5, 0.6) is 5.75 Å². The lowest BCUT2D eigenvalue weighted by Crippen LogP contribution is -2.19. The van der Waals surface area contributed by atoms with E-state index in [0.717, 1.165) is 27.4 Å². The van der Waals surface area contributed by atoms with Gasteiger partial charge in [-0.3, -0.25) is 15.4 Å². The minimum absolute atomic E-state index is 0.333. The lowest BCUT2D eigenvalue weighted by atomic mass is 10.1. The third-order valence-electron chi connectivity index (χ3n) is 4.85. The standard InChI is InChI=1S/C24H21N3O3S/c1-30-20-14-12-18(13-15-20)22-21(16-17-8-4-2-5-9-17)31-24(25-22)26-23(27(28)29)19-10-6-3-7-11-19/h2-15,23H,16H2,1H3,(H,25,26). The van der Waals surface area contributed by atoms with E-state index in [9.17, 15) is 10.1 Å². The number of hydrogen-bond acceptors (Lipinski definition) is 6. The second-order valence-corrected chi connectivity index (χ2v) is 8.01. The highest BCUT2D eigenvalue weighted by atomic mass is 32.1. The van der Waals surface area contributed by atoms with E-state index < -0.39 is 6.17 Å². The number of nitrogens with zero attached hydrogens (tertiary/aromatic N) is 2. The van der Waals surface area contributed by atoms with Crippen molar-refractivity contribution in [3.63, 3.8) is 0 Å². The molecule has 0 saturated carbocycles. The topological polar surface area (TPSA) is 77.3 Å². The lowest BCUT2D eigenvalue weighted by Gasteiger charge is -2.10. The van der Waals surface area contributed by atoms with Crippen LogP contribution in [0, 0.1) is 10.1 Å². The first kappa shape index (κ1) is 20.6. The maximum atomic E-state index is 11.7. The summed E-state index contributed by atoms with van der Waals surface area (Å²) in [7, 11) is 1.63. The van der Waals surface area contributed by atoms with E-state index in [-0.39, 0.29) is 4.92 Å². The van der Waals surface area contributed by atoms with Gasteiger partial charge in [-0.15, -0.1) is 11.3 Å². The number of benzene rings is 3. The second kappa shape index (κ2) is 9.40. The molecule has 0 amide bonds. The fraction of sp³-hybridized carbons (Fsp3) is 0.125. The SMILES string of the molecule is COc1ccc(-c2nc(NC(c3ccccc3)[N+](=O)[O-])sc2Cc2ccccc2)cc1. The van der Waals surface area contributed by atoms with Gasteiger partial charge in [0.15, 0.2) is 5.13 Å². The number of methoxy groups -OCH3 is 1. The van der Waals surface area contributed by atoms with Crippen LogP contribution < -0.4 is 10.1 Å². The Morgan fingerprint density at radius 3 is 2.26 bits per heavy atom. The molecular formula is C24H21N3O3S. The Morgan fingerprint density at radius 1 is 1.00 bits per heavy atom. The zero-order valence-electron chi connectivity index (χ0n) is 16.9.